The van der Waals surface area contributed by atoms with E-state index >= 15 is 0 Å². The third-order valence-electron chi connectivity index (χ3n) is 11.0. The highest BCUT2D eigenvalue weighted by molar-refractivity contribution is 6.31. The summed E-state index contributed by atoms with van der Waals surface area (Å²) in [4.78, 5) is 2.33. The van der Waals surface area contributed by atoms with Gasteiger partial charge in [-0.15, -0.1) is 0 Å². The van der Waals surface area contributed by atoms with Crippen LogP contribution in [0.4, 0.5) is 11.4 Å². The molecular formula is C45H41Cl2N2O+. The van der Waals surface area contributed by atoms with Crippen LogP contribution in [0.3, 0.4) is 0 Å². The van der Waals surface area contributed by atoms with Gasteiger partial charge in [0, 0.05) is 51.6 Å². The number of rotatable bonds is 5. The number of fused-ring (bicyclic) bond motifs is 6. The number of ether oxygens (including phenoxy) is 1. The van der Waals surface area contributed by atoms with Crippen molar-refractivity contribution in [3.63, 3.8) is 0 Å². The quantitative estimate of drug-likeness (QED) is 0.170. The van der Waals surface area contributed by atoms with E-state index in [1.807, 2.05) is 42.5 Å². The number of likely N-dealkylation sites (N-methyl/N-ethyl adjacent to an activating group) is 1. The van der Waals surface area contributed by atoms with Crippen molar-refractivity contribution >= 4 is 61.8 Å². The number of benzene rings is 5. The van der Waals surface area contributed by atoms with Gasteiger partial charge in [0.25, 0.3) is 0 Å². The molecule has 1 aliphatic carbocycles. The Kier molecular flexibility index (Phi) is 7.86. The number of anilines is 1. The van der Waals surface area contributed by atoms with Crippen LogP contribution in [0.25, 0.3) is 21.5 Å². The van der Waals surface area contributed by atoms with Gasteiger partial charge in [-0.3, -0.25) is 0 Å². The van der Waals surface area contributed by atoms with Gasteiger partial charge in [-0.1, -0.05) is 79.5 Å². The Morgan fingerprint density at radius 1 is 0.720 bits per heavy atom. The molecule has 0 atom stereocenters. The molecule has 0 unspecified atom stereocenters. The molecule has 0 fully saturated rings. The van der Waals surface area contributed by atoms with Crippen LogP contribution in [-0.4, -0.2) is 24.4 Å². The van der Waals surface area contributed by atoms with Crippen LogP contribution in [0.2, 0.25) is 10.0 Å². The molecule has 50 heavy (non-hydrogen) atoms. The Labute approximate surface area is 305 Å². The number of halogens is 2. The average Bonchev–Trinajstić information content (AvgIpc) is 3.63. The molecule has 3 nitrogen and oxygen atoms in total. The number of allylic oxidation sites excluding steroid dienone is 7. The van der Waals surface area contributed by atoms with Gasteiger partial charge in [0.2, 0.25) is 5.69 Å². The fourth-order valence-electron chi connectivity index (χ4n) is 8.56. The number of hydrogen-bond donors (Lipinski definition) is 0. The zero-order valence-corrected chi connectivity index (χ0v) is 31.0. The minimum atomic E-state index is -0.195. The molecule has 2 aliphatic heterocycles. The Hall–Kier alpha value is -4.57. The first kappa shape index (κ1) is 32.6. The molecule has 0 saturated heterocycles. The lowest BCUT2D eigenvalue weighted by Gasteiger charge is -2.24. The Balaban J connectivity index is 1.18. The van der Waals surface area contributed by atoms with Crippen molar-refractivity contribution in [1.82, 2.24) is 0 Å². The maximum absolute atomic E-state index is 6.72. The van der Waals surface area contributed by atoms with E-state index in [0.29, 0.717) is 0 Å². The van der Waals surface area contributed by atoms with Gasteiger partial charge in [-0.05, 0) is 126 Å². The Morgan fingerprint density at radius 3 is 2.08 bits per heavy atom. The van der Waals surface area contributed by atoms with Gasteiger partial charge in [-0.2, -0.15) is 4.58 Å². The van der Waals surface area contributed by atoms with E-state index in [-0.39, 0.29) is 10.8 Å². The van der Waals surface area contributed by atoms with Gasteiger partial charge in [0.15, 0.2) is 5.71 Å². The summed E-state index contributed by atoms with van der Waals surface area (Å²) in [6, 6.07) is 31.4. The zero-order valence-electron chi connectivity index (χ0n) is 29.4. The van der Waals surface area contributed by atoms with Crippen LogP contribution in [-0.2, 0) is 10.8 Å². The first-order valence-electron chi connectivity index (χ1n) is 17.3. The van der Waals surface area contributed by atoms with E-state index in [2.05, 4.69) is 124 Å². The predicted octanol–water partition coefficient (Wildman–Crippen LogP) is 12.2. The molecule has 0 spiro atoms. The summed E-state index contributed by atoms with van der Waals surface area (Å²) in [5.41, 5.74) is 9.66. The molecule has 0 bridgehead atoms. The predicted molar refractivity (Wildman–Crippen MR) is 212 cm³/mol. The standard InChI is InChI=1S/C45H41Cl2N2O/c1-44(2)39(48(5)37-22-14-30-26-32(46)18-20-35(30)41(37)44)24-16-28-12-13-29(43(28)50-34-10-8-7-9-11-34)17-25-40-45(3,4)42-36-21-19-33(47)27-31(36)15-23-38(42)49(40)6/h7-11,14-27H,12-13H2,1-6H3/q+1. The summed E-state index contributed by atoms with van der Waals surface area (Å²) in [6.07, 6.45) is 11.0. The second-order valence-corrected chi connectivity index (χ2v) is 15.6. The van der Waals surface area contributed by atoms with E-state index in [9.17, 15) is 0 Å². The number of nitrogens with zero attached hydrogens (tertiary/aromatic N) is 2. The van der Waals surface area contributed by atoms with Crippen molar-refractivity contribution in [3.8, 4) is 5.75 Å². The van der Waals surface area contributed by atoms with Crippen LogP contribution in [0.15, 0.2) is 138 Å². The minimum absolute atomic E-state index is 0.195. The van der Waals surface area contributed by atoms with E-state index < -0.39 is 0 Å². The topological polar surface area (TPSA) is 15.5 Å². The molecule has 5 aromatic carbocycles. The summed E-state index contributed by atoms with van der Waals surface area (Å²) in [5.74, 6) is 1.78. The third-order valence-corrected chi connectivity index (χ3v) is 11.5. The highest BCUT2D eigenvalue weighted by Gasteiger charge is 2.44. The van der Waals surface area contributed by atoms with Crippen molar-refractivity contribution in [2.24, 2.45) is 0 Å². The second kappa shape index (κ2) is 12.0. The van der Waals surface area contributed by atoms with Crippen LogP contribution in [0.1, 0.15) is 51.7 Å². The number of hydrogen-bond acceptors (Lipinski definition) is 2. The van der Waals surface area contributed by atoms with Crippen LogP contribution < -0.4 is 9.64 Å². The van der Waals surface area contributed by atoms with Gasteiger partial charge in [0.05, 0.1) is 5.41 Å². The molecule has 3 aliphatic rings. The molecule has 0 aromatic heterocycles. The highest BCUT2D eigenvalue weighted by Crippen LogP contribution is 2.50. The third kappa shape index (κ3) is 5.22. The summed E-state index contributed by atoms with van der Waals surface area (Å²) in [5, 5.41) is 6.35. The van der Waals surface area contributed by atoms with E-state index in [0.717, 1.165) is 34.4 Å². The minimum Gasteiger partial charge on any atom is -0.457 e. The molecule has 8 rings (SSSR count). The monoisotopic (exact) mass is 695 g/mol. The maximum Gasteiger partial charge on any atom is 0.210 e. The Morgan fingerprint density at radius 2 is 1.38 bits per heavy atom. The molecule has 0 radical (unpaired) electrons. The SMILES string of the molecule is CN1/C(=C/C=C2\CCC(/C=C/C3=[N+](C)c4ccc5cc(Cl)ccc5c4C3(C)C)=C2Oc2ccccc2)C(C)(C)c2c1ccc1cc(Cl)ccc21. The van der Waals surface area contributed by atoms with Crippen molar-refractivity contribution < 1.29 is 9.31 Å². The number of para-hydroxylation sites is 1. The Bertz CT molecular complexity index is 2390. The normalized spacial score (nSPS) is 19.6. The molecule has 2 heterocycles. The fourth-order valence-corrected chi connectivity index (χ4v) is 8.92. The lowest BCUT2D eigenvalue weighted by Crippen LogP contribution is -2.26. The van der Waals surface area contributed by atoms with Crippen molar-refractivity contribution in [2.45, 2.75) is 51.4 Å². The van der Waals surface area contributed by atoms with Gasteiger partial charge < -0.3 is 9.64 Å². The summed E-state index contributed by atoms with van der Waals surface area (Å²) in [7, 11) is 4.35. The van der Waals surface area contributed by atoms with Gasteiger partial charge in [-0.25, -0.2) is 0 Å². The van der Waals surface area contributed by atoms with Crippen LogP contribution in [0.5, 0.6) is 5.75 Å². The molecule has 0 saturated carbocycles. The average molecular weight is 697 g/mol. The van der Waals surface area contributed by atoms with E-state index in [1.54, 1.807) is 0 Å². The molecule has 5 heteroatoms. The first-order valence-corrected chi connectivity index (χ1v) is 18.1. The van der Waals surface area contributed by atoms with Gasteiger partial charge in [0.1, 0.15) is 18.6 Å². The summed E-state index contributed by atoms with van der Waals surface area (Å²) in [6.45, 7) is 9.28. The van der Waals surface area contributed by atoms with E-state index in [1.165, 1.54) is 66.6 Å². The fraction of sp³-hybridized carbons (Fsp3) is 0.222. The van der Waals surface area contributed by atoms with E-state index in [4.69, 9.17) is 27.9 Å². The molecule has 5 aromatic rings. The van der Waals surface area contributed by atoms with Crippen molar-refractivity contribution in [2.75, 3.05) is 19.0 Å². The lowest BCUT2D eigenvalue weighted by atomic mass is 9.79. The largest absolute Gasteiger partial charge is 0.457 e. The highest BCUT2D eigenvalue weighted by atomic mass is 35.5. The van der Waals surface area contributed by atoms with Crippen molar-refractivity contribution in [1.29, 1.82) is 0 Å². The molecule has 0 amide bonds. The molecular weight excluding hydrogens is 655 g/mol. The van der Waals surface area contributed by atoms with Crippen molar-refractivity contribution in [3.05, 3.63) is 159 Å². The van der Waals surface area contributed by atoms with Gasteiger partial charge >= 0.3 is 0 Å². The first-order chi connectivity index (χ1) is 23.9. The molecule has 0 N–H and O–H groups in total. The summed E-state index contributed by atoms with van der Waals surface area (Å²) < 4.78 is 9.05. The van der Waals surface area contributed by atoms with Crippen LogP contribution in [0, 0.1) is 0 Å². The zero-order chi connectivity index (χ0) is 34.9. The maximum atomic E-state index is 6.72. The van der Waals surface area contributed by atoms with Crippen LogP contribution >= 0.6 is 23.2 Å². The molecule has 250 valence electrons. The summed E-state index contributed by atoms with van der Waals surface area (Å²) >= 11 is 12.7. The second-order valence-electron chi connectivity index (χ2n) is 14.8. The lowest BCUT2D eigenvalue weighted by molar-refractivity contribution is -0.401. The smallest absolute Gasteiger partial charge is 0.210 e.